The number of hydrogen-bond donors (Lipinski definition) is 1. The van der Waals surface area contributed by atoms with Crippen LogP contribution in [0.2, 0.25) is 0 Å². The van der Waals surface area contributed by atoms with E-state index in [0.717, 1.165) is 23.7 Å². The van der Waals surface area contributed by atoms with E-state index in [2.05, 4.69) is 11.4 Å². The molecule has 1 N–H and O–H groups in total. The van der Waals surface area contributed by atoms with E-state index >= 15 is 0 Å². The summed E-state index contributed by atoms with van der Waals surface area (Å²) in [7, 11) is 1.55. The molecule has 0 spiro atoms. The van der Waals surface area contributed by atoms with Crippen LogP contribution in [0.4, 0.5) is 5.69 Å². The van der Waals surface area contributed by atoms with Crippen molar-refractivity contribution in [3.8, 4) is 5.75 Å². The van der Waals surface area contributed by atoms with Gasteiger partial charge in [0.1, 0.15) is 5.75 Å². The van der Waals surface area contributed by atoms with Crippen LogP contribution in [0.25, 0.3) is 17.0 Å². The number of nitrogens with one attached hydrogen (secondary N) is 1. The molecule has 1 aromatic heterocycles. The minimum atomic E-state index is -0.314. The van der Waals surface area contributed by atoms with E-state index < -0.39 is 0 Å². The highest BCUT2D eigenvalue weighted by atomic mass is 16.5. The largest absolute Gasteiger partial charge is 0.495 e. The zero-order valence-electron chi connectivity index (χ0n) is 15.1. The zero-order chi connectivity index (χ0) is 18.8. The van der Waals surface area contributed by atoms with E-state index in [1.807, 2.05) is 34.9 Å². The highest BCUT2D eigenvalue weighted by molar-refractivity contribution is 6.03. The average molecular weight is 360 g/mol. The van der Waals surface area contributed by atoms with E-state index in [0.29, 0.717) is 23.5 Å². The summed E-state index contributed by atoms with van der Waals surface area (Å²) >= 11 is 0. The molecule has 5 nitrogen and oxygen atoms in total. The van der Waals surface area contributed by atoms with Gasteiger partial charge in [0.2, 0.25) is 5.91 Å². The van der Waals surface area contributed by atoms with E-state index in [9.17, 15) is 9.59 Å². The molecule has 0 bridgehead atoms. The molecule has 0 saturated heterocycles. The molecule has 4 rings (SSSR count). The Labute approximate surface area is 156 Å². The monoisotopic (exact) mass is 360 g/mol. The van der Waals surface area contributed by atoms with Gasteiger partial charge in [-0.05, 0) is 48.1 Å². The number of anilines is 1. The van der Waals surface area contributed by atoms with E-state index in [1.54, 1.807) is 25.3 Å². The quantitative estimate of drug-likeness (QED) is 0.723. The number of para-hydroxylation sites is 3. The number of ether oxygens (including phenoxy) is 1. The fraction of sp³-hybridized carbons (Fsp3) is 0.182. The van der Waals surface area contributed by atoms with Crippen molar-refractivity contribution in [3.63, 3.8) is 0 Å². The number of aromatic nitrogens is 1. The number of hydrogen-bond acceptors (Lipinski definition) is 3. The van der Waals surface area contributed by atoms with Crippen LogP contribution in [0, 0.1) is 0 Å². The van der Waals surface area contributed by atoms with Crippen molar-refractivity contribution in [2.45, 2.75) is 19.4 Å². The standard InChI is InChI=1S/C22H20N2O3/c1-27-19-10-3-2-9-18(19)23-20(25)12-11-17-14-16-7-4-6-15-8-5-13-24(21(15)16)22(17)26/h2-4,6-7,9-12,14H,5,8,13H2,1H3,(H,23,25)/b12-11+. The van der Waals surface area contributed by atoms with Gasteiger partial charge in [0, 0.05) is 18.2 Å². The molecule has 1 aliphatic heterocycles. The zero-order valence-corrected chi connectivity index (χ0v) is 15.1. The summed E-state index contributed by atoms with van der Waals surface area (Å²) in [6, 6.07) is 15.1. The topological polar surface area (TPSA) is 60.3 Å². The van der Waals surface area contributed by atoms with Gasteiger partial charge in [0.15, 0.2) is 0 Å². The lowest BCUT2D eigenvalue weighted by atomic mass is 10.00. The first-order valence-corrected chi connectivity index (χ1v) is 8.95. The van der Waals surface area contributed by atoms with Crippen molar-refractivity contribution in [1.29, 1.82) is 0 Å². The maximum absolute atomic E-state index is 12.8. The second kappa shape index (κ2) is 7.11. The molecule has 3 aromatic rings. The van der Waals surface area contributed by atoms with E-state index in [4.69, 9.17) is 4.74 Å². The minimum Gasteiger partial charge on any atom is -0.495 e. The third kappa shape index (κ3) is 3.24. The molecule has 5 heteroatoms. The van der Waals surface area contributed by atoms with Gasteiger partial charge in [-0.2, -0.15) is 0 Å². The number of benzene rings is 2. The van der Waals surface area contributed by atoms with Crippen LogP contribution >= 0.6 is 0 Å². The van der Waals surface area contributed by atoms with Crippen LogP contribution < -0.4 is 15.6 Å². The lowest BCUT2D eigenvalue weighted by Crippen LogP contribution is -2.26. The molecule has 0 atom stereocenters. The van der Waals surface area contributed by atoms with Crippen LogP contribution in [0.1, 0.15) is 17.5 Å². The number of carbonyl (C=O) groups is 1. The normalized spacial score (nSPS) is 13.1. The minimum absolute atomic E-state index is 0.0593. The summed E-state index contributed by atoms with van der Waals surface area (Å²) in [6.45, 7) is 0.710. The Kier molecular flexibility index (Phi) is 4.50. The summed E-state index contributed by atoms with van der Waals surface area (Å²) in [5.74, 6) is 0.272. The first-order chi connectivity index (χ1) is 13.2. The molecule has 0 radical (unpaired) electrons. The molecular formula is C22H20N2O3. The maximum atomic E-state index is 12.8. The highest BCUT2D eigenvalue weighted by Crippen LogP contribution is 2.25. The molecule has 0 fully saturated rings. The van der Waals surface area contributed by atoms with Crippen LogP contribution in [-0.4, -0.2) is 17.6 Å². The maximum Gasteiger partial charge on any atom is 0.258 e. The number of rotatable bonds is 4. The number of carbonyl (C=O) groups excluding carboxylic acids is 1. The third-order valence-electron chi connectivity index (χ3n) is 4.83. The van der Waals surface area contributed by atoms with Crippen LogP contribution in [-0.2, 0) is 17.8 Å². The van der Waals surface area contributed by atoms with Crippen molar-refractivity contribution in [1.82, 2.24) is 4.57 Å². The molecular weight excluding hydrogens is 340 g/mol. The van der Waals surface area contributed by atoms with Gasteiger partial charge in [0.05, 0.1) is 18.3 Å². The number of aryl methyl sites for hydroxylation is 2. The Bertz CT molecular complexity index is 1110. The van der Waals surface area contributed by atoms with E-state index in [-0.39, 0.29) is 11.5 Å². The molecule has 1 amide bonds. The van der Waals surface area contributed by atoms with Crippen molar-refractivity contribution in [2.75, 3.05) is 12.4 Å². The fourth-order valence-corrected chi connectivity index (χ4v) is 3.59. The van der Waals surface area contributed by atoms with Gasteiger partial charge in [0.25, 0.3) is 5.56 Å². The van der Waals surface area contributed by atoms with Gasteiger partial charge in [-0.15, -0.1) is 0 Å². The van der Waals surface area contributed by atoms with Gasteiger partial charge < -0.3 is 14.6 Å². The first-order valence-electron chi connectivity index (χ1n) is 8.95. The summed E-state index contributed by atoms with van der Waals surface area (Å²) in [5.41, 5.74) is 3.27. The number of nitrogens with zero attached hydrogens (tertiary/aromatic N) is 1. The Morgan fingerprint density at radius 3 is 2.89 bits per heavy atom. The van der Waals surface area contributed by atoms with Crippen molar-refractivity contribution >= 4 is 28.6 Å². The SMILES string of the molecule is COc1ccccc1NC(=O)/C=C/c1cc2cccc3c2n(c1=O)CCC3. The smallest absolute Gasteiger partial charge is 0.258 e. The average Bonchev–Trinajstić information content (AvgIpc) is 2.70. The highest BCUT2D eigenvalue weighted by Gasteiger charge is 2.15. The first kappa shape index (κ1) is 17.1. The Morgan fingerprint density at radius 2 is 2.04 bits per heavy atom. The molecule has 27 heavy (non-hydrogen) atoms. The molecule has 0 aliphatic carbocycles. The fourth-order valence-electron chi connectivity index (χ4n) is 3.59. The molecule has 136 valence electrons. The lowest BCUT2D eigenvalue weighted by Gasteiger charge is -2.19. The predicted molar refractivity (Wildman–Crippen MR) is 107 cm³/mol. The third-order valence-corrected chi connectivity index (χ3v) is 4.83. The number of methoxy groups -OCH3 is 1. The lowest BCUT2D eigenvalue weighted by molar-refractivity contribution is -0.111. The van der Waals surface area contributed by atoms with Crippen LogP contribution in [0.3, 0.4) is 0 Å². The summed E-state index contributed by atoms with van der Waals surface area (Å²) in [4.78, 5) is 25.1. The van der Waals surface area contributed by atoms with Crippen molar-refractivity contribution in [2.24, 2.45) is 0 Å². The Morgan fingerprint density at radius 1 is 1.19 bits per heavy atom. The van der Waals surface area contributed by atoms with Crippen molar-refractivity contribution in [3.05, 3.63) is 76.1 Å². The van der Waals surface area contributed by atoms with Gasteiger partial charge in [-0.25, -0.2) is 0 Å². The Balaban J connectivity index is 1.65. The van der Waals surface area contributed by atoms with Crippen molar-refractivity contribution < 1.29 is 9.53 Å². The molecule has 2 aromatic carbocycles. The second-order valence-corrected chi connectivity index (χ2v) is 6.54. The van der Waals surface area contributed by atoms with Gasteiger partial charge >= 0.3 is 0 Å². The molecule has 0 unspecified atom stereocenters. The summed E-state index contributed by atoms with van der Waals surface area (Å²) < 4.78 is 7.06. The predicted octanol–water partition coefficient (Wildman–Crippen LogP) is 3.61. The number of amides is 1. The van der Waals surface area contributed by atoms with E-state index in [1.165, 1.54) is 11.6 Å². The summed E-state index contributed by atoms with van der Waals surface area (Å²) in [5, 5.41) is 3.80. The summed E-state index contributed by atoms with van der Waals surface area (Å²) in [6.07, 6.45) is 4.91. The van der Waals surface area contributed by atoms with Crippen LogP contribution in [0.5, 0.6) is 5.75 Å². The molecule has 2 heterocycles. The van der Waals surface area contributed by atoms with Gasteiger partial charge in [-0.1, -0.05) is 30.3 Å². The molecule has 1 aliphatic rings. The van der Waals surface area contributed by atoms with Gasteiger partial charge in [-0.3, -0.25) is 9.59 Å². The number of pyridine rings is 1. The molecule has 0 saturated carbocycles. The Hall–Kier alpha value is -3.34. The second-order valence-electron chi connectivity index (χ2n) is 6.54. The van der Waals surface area contributed by atoms with Crippen LogP contribution in [0.15, 0.2) is 59.4 Å².